The summed E-state index contributed by atoms with van der Waals surface area (Å²) in [7, 11) is 1.65. The van der Waals surface area contributed by atoms with Crippen LogP contribution in [0.3, 0.4) is 0 Å². The first-order valence-electron chi connectivity index (χ1n) is 6.63. The van der Waals surface area contributed by atoms with Crippen LogP contribution in [0.25, 0.3) is 6.08 Å². The smallest absolute Gasteiger partial charge is 0.178 e. The molecular weight excluding hydrogens is 236 g/mol. The fraction of sp³-hybridized carbons (Fsp3) is 0.353. The van der Waals surface area contributed by atoms with Crippen LogP contribution in [0, 0.1) is 5.92 Å². The van der Waals surface area contributed by atoms with Crippen LogP contribution in [-0.2, 0) is 11.2 Å². The summed E-state index contributed by atoms with van der Waals surface area (Å²) in [5, 5.41) is 0. The molecule has 1 aromatic rings. The van der Waals surface area contributed by atoms with E-state index in [0.29, 0.717) is 5.92 Å². The molecule has 0 aliphatic heterocycles. The molecule has 2 heteroatoms. The Labute approximate surface area is 115 Å². The Hall–Kier alpha value is -1.83. The van der Waals surface area contributed by atoms with Gasteiger partial charge < -0.3 is 4.74 Å². The van der Waals surface area contributed by atoms with Gasteiger partial charge in [0.05, 0.1) is 7.11 Å². The Kier molecular flexibility index (Phi) is 6.07. The molecule has 0 aromatic heterocycles. The summed E-state index contributed by atoms with van der Waals surface area (Å²) < 4.78 is 5.25. The normalized spacial score (nSPS) is 11.6. The second-order valence-electron chi connectivity index (χ2n) is 4.81. The van der Waals surface area contributed by atoms with Gasteiger partial charge in [0, 0.05) is 0 Å². The van der Waals surface area contributed by atoms with Gasteiger partial charge in [0.2, 0.25) is 0 Å². The van der Waals surface area contributed by atoms with Gasteiger partial charge in [0.15, 0.2) is 5.78 Å². The van der Waals surface area contributed by atoms with Gasteiger partial charge >= 0.3 is 0 Å². The lowest BCUT2D eigenvalue weighted by atomic mass is 10.1. The van der Waals surface area contributed by atoms with E-state index >= 15 is 0 Å². The molecule has 1 rings (SSSR count). The summed E-state index contributed by atoms with van der Waals surface area (Å²) in [5.74, 6) is 1.22. The van der Waals surface area contributed by atoms with Gasteiger partial charge in [-0.3, -0.25) is 4.79 Å². The van der Waals surface area contributed by atoms with Crippen LogP contribution >= 0.6 is 0 Å². The molecular formula is C17H22O2. The molecule has 2 nitrogen and oxygen atoms in total. The zero-order valence-corrected chi connectivity index (χ0v) is 12.1. The Morgan fingerprint density at radius 2 is 2.00 bits per heavy atom. The van der Waals surface area contributed by atoms with E-state index in [2.05, 4.69) is 13.0 Å². The van der Waals surface area contributed by atoms with Crippen molar-refractivity contribution in [2.24, 2.45) is 5.92 Å². The summed E-state index contributed by atoms with van der Waals surface area (Å²) in [6.45, 7) is 6.19. The Bertz CT molecular complexity index is 460. The van der Waals surface area contributed by atoms with Crippen molar-refractivity contribution in [3.63, 3.8) is 0 Å². The average Bonchev–Trinajstić information content (AvgIpc) is 2.42. The number of benzene rings is 1. The van der Waals surface area contributed by atoms with Gasteiger partial charge in [-0.05, 0) is 47.8 Å². The first-order valence-corrected chi connectivity index (χ1v) is 6.63. The number of hydrogen-bond donors (Lipinski definition) is 0. The molecule has 0 unspecified atom stereocenters. The van der Waals surface area contributed by atoms with E-state index in [-0.39, 0.29) is 5.78 Å². The van der Waals surface area contributed by atoms with Crippen LogP contribution < -0.4 is 4.74 Å². The quantitative estimate of drug-likeness (QED) is 0.719. The first kappa shape index (κ1) is 15.2. The molecule has 19 heavy (non-hydrogen) atoms. The Morgan fingerprint density at radius 3 is 2.58 bits per heavy atom. The van der Waals surface area contributed by atoms with Crippen LogP contribution in [0.5, 0.6) is 5.75 Å². The number of methoxy groups -OCH3 is 1. The third-order valence-corrected chi connectivity index (χ3v) is 2.72. The molecule has 0 fully saturated rings. The van der Waals surface area contributed by atoms with Crippen molar-refractivity contribution in [2.45, 2.75) is 27.2 Å². The van der Waals surface area contributed by atoms with E-state index in [0.717, 1.165) is 17.7 Å². The minimum Gasteiger partial charge on any atom is -0.497 e. The van der Waals surface area contributed by atoms with E-state index in [4.69, 9.17) is 4.74 Å². The fourth-order valence-electron chi connectivity index (χ4n) is 1.63. The van der Waals surface area contributed by atoms with Crippen molar-refractivity contribution in [2.75, 3.05) is 7.11 Å². The molecule has 0 saturated heterocycles. The van der Waals surface area contributed by atoms with Crippen molar-refractivity contribution in [3.05, 3.63) is 47.6 Å². The molecule has 0 spiro atoms. The standard InChI is InChI=1S/C17H22O2/c1-5-14-10-15(12-17(11-14)19-4)7-9-16(18)8-6-13(2)3/h6-13H,5H2,1-4H3/b8-6+,9-7+. The topological polar surface area (TPSA) is 26.3 Å². The van der Waals surface area contributed by atoms with Crippen LogP contribution in [0.1, 0.15) is 31.9 Å². The SMILES string of the molecule is CCc1cc(/C=C/C(=O)/C=C/C(C)C)cc(OC)c1. The van der Waals surface area contributed by atoms with E-state index in [1.54, 1.807) is 19.3 Å². The molecule has 0 atom stereocenters. The molecule has 1 aromatic carbocycles. The van der Waals surface area contributed by atoms with Gasteiger partial charge in [-0.15, -0.1) is 0 Å². The summed E-state index contributed by atoms with van der Waals surface area (Å²) in [6.07, 6.45) is 7.87. The first-order chi connectivity index (χ1) is 9.05. The number of carbonyl (C=O) groups is 1. The molecule has 0 aliphatic rings. The minimum atomic E-state index is 0.00886. The number of carbonyl (C=O) groups excluding carboxylic acids is 1. The highest BCUT2D eigenvalue weighted by molar-refractivity contribution is 6.02. The Balaban J connectivity index is 2.83. The van der Waals surface area contributed by atoms with E-state index in [1.807, 2.05) is 38.1 Å². The minimum absolute atomic E-state index is 0.00886. The molecule has 0 heterocycles. The largest absolute Gasteiger partial charge is 0.497 e. The third kappa shape index (κ3) is 5.56. The van der Waals surface area contributed by atoms with E-state index in [1.165, 1.54) is 5.56 Å². The molecule has 102 valence electrons. The van der Waals surface area contributed by atoms with Crippen LogP contribution in [0.15, 0.2) is 36.4 Å². The number of ether oxygens (including phenoxy) is 1. The summed E-state index contributed by atoms with van der Waals surface area (Å²) in [6, 6.07) is 6.01. The molecule has 0 radical (unpaired) electrons. The second-order valence-corrected chi connectivity index (χ2v) is 4.81. The summed E-state index contributed by atoms with van der Waals surface area (Å²) in [5.41, 5.74) is 2.19. The number of ketones is 1. The molecule has 0 bridgehead atoms. The van der Waals surface area contributed by atoms with Crippen molar-refractivity contribution in [3.8, 4) is 5.75 Å². The number of rotatable bonds is 6. The van der Waals surface area contributed by atoms with Gasteiger partial charge in [-0.2, -0.15) is 0 Å². The monoisotopic (exact) mass is 258 g/mol. The van der Waals surface area contributed by atoms with E-state index < -0.39 is 0 Å². The zero-order valence-electron chi connectivity index (χ0n) is 12.1. The molecule has 0 N–H and O–H groups in total. The van der Waals surface area contributed by atoms with Crippen molar-refractivity contribution < 1.29 is 9.53 Å². The number of hydrogen-bond acceptors (Lipinski definition) is 2. The lowest BCUT2D eigenvalue weighted by molar-refractivity contribution is -0.110. The maximum absolute atomic E-state index is 11.6. The molecule has 0 aliphatic carbocycles. The highest BCUT2D eigenvalue weighted by atomic mass is 16.5. The van der Waals surface area contributed by atoms with Crippen molar-refractivity contribution in [1.29, 1.82) is 0 Å². The maximum atomic E-state index is 11.6. The maximum Gasteiger partial charge on any atom is 0.178 e. The molecule has 0 saturated carbocycles. The third-order valence-electron chi connectivity index (χ3n) is 2.72. The predicted molar refractivity (Wildman–Crippen MR) is 80.4 cm³/mol. The summed E-state index contributed by atoms with van der Waals surface area (Å²) >= 11 is 0. The lowest BCUT2D eigenvalue weighted by Crippen LogP contribution is -1.90. The van der Waals surface area contributed by atoms with Gasteiger partial charge in [0.1, 0.15) is 5.75 Å². The van der Waals surface area contributed by atoms with Crippen molar-refractivity contribution in [1.82, 2.24) is 0 Å². The second kappa shape index (κ2) is 7.57. The summed E-state index contributed by atoms with van der Waals surface area (Å²) in [4.78, 5) is 11.6. The van der Waals surface area contributed by atoms with Gasteiger partial charge in [0.25, 0.3) is 0 Å². The van der Waals surface area contributed by atoms with Gasteiger partial charge in [-0.25, -0.2) is 0 Å². The average molecular weight is 258 g/mol. The van der Waals surface area contributed by atoms with Crippen LogP contribution in [0.2, 0.25) is 0 Å². The predicted octanol–water partition coefficient (Wildman–Crippen LogP) is 4.05. The van der Waals surface area contributed by atoms with Gasteiger partial charge in [-0.1, -0.05) is 39.0 Å². The zero-order chi connectivity index (χ0) is 14.3. The highest BCUT2D eigenvalue weighted by Gasteiger charge is 1.98. The Morgan fingerprint density at radius 1 is 1.26 bits per heavy atom. The van der Waals surface area contributed by atoms with Crippen LogP contribution in [0.4, 0.5) is 0 Å². The molecule has 0 amide bonds. The number of allylic oxidation sites excluding steroid dienone is 3. The number of aryl methyl sites for hydroxylation is 1. The van der Waals surface area contributed by atoms with Crippen LogP contribution in [-0.4, -0.2) is 12.9 Å². The van der Waals surface area contributed by atoms with E-state index in [9.17, 15) is 4.79 Å². The lowest BCUT2D eigenvalue weighted by Gasteiger charge is -2.04. The fourth-order valence-corrected chi connectivity index (χ4v) is 1.63. The van der Waals surface area contributed by atoms with Crippen molar-refractivity contribution >= 4 is 11.9 Å². The highest BCUT2D eigenvalue weighted by Crippen LogP contribution is 2.18.